The number of aliphatic hydroxyl groups is 1. The molecule has 4 heteroatoms. The zero-order chi connectivity index (χ0) is 9.15. The molecular weight excluding hydrogens is 168 g/mol. The van der Waals surface area contributed by atoms with Crippen LogP contribution in [-0.4, -0.2) is 43.2 Å². The third-order valence-corrected chi connectivity index (χ3v) is 2.81. The van der Waals surface area contributed by atoms with Gasteiger partial charge < -0.3 is 15.2 Å². The SMILES string of the molecule is OC1(CNC2CCCO2)CCNC1. The van der Waals surface area contributed by atoms with Crippen molar-refractivity contribution in [3.63, 3.8) is 0 Å². The van der Waals surface area contributed by atoms with E-state index < -0.39 is 5.60 Å². The molecule has 4 nitrogen and oxygen atoms in total. The van der Waals surface area contributed by atoms with E-state index in [1.165, 1.54) is 0 Å². The van der Waals surface area contributed by atoms with Crippen LogP contribution in [0.3, 0.4) is 0 Å². The minimum absolute atomic E-state index is 0.171. The van der Waals surface area contributed by atoms with Crippen molar-refractivity contribution in [1.29, 1.82) is 0 Å². The van der Waals surface area contributed by atoms with E-state index in [0.29, 0.717) is 13.1 Å². The molecule has 2 fully saturated rings. The Balaban J connectivity index is 1.71. The van der Waals surface area contributed by atoms with Gasteiger partial charge in [-0.25, -0.2) is 0 Å². The lowest BCUT2D eigenvalue weighted by molar-refractivity contribution is 0.0254. The van der Waals surface area contributed by atoms with Crippen LogP contribution in [0.2, 0.25) is 0 Å². The predicted octanol–water partition coefficient (Wildman–Crippen LogP) is -0.563. The van der Waals surface area contributed by atoms with E-state index in [0.717, 1.165) is 32.4 Å². The lowest BCUT2D eigenvalue weighted by atomic mass is 10.0. The third kappa shape index (κ3) is 2.40. The molecule has 13 heavy (non-hydrogen) atoms. The Hall–Kier alpha value is -0.160. The minimum atomic E-state index is -0.550. The molecule has 0 saturated carbocycles. The molecule has 2 aliphatic heterocycles. The first-order chi connectivity index (χ1) is 6.29. The molecule has 3 N–H and O–H groups in total. The summed E-state index contributed by atoms with van der Waals surface area (Å²) in [6.07, 6.45) is 3.22. The van der Waals surface area contributed by atoms with Gasteiger partial charge in [0.05, 0.1) is 5.60 Å². The molecular formula is C9H18N2O2. The molecule has 0 radical (unpaired) electrons. The number of hydrogen-bond donors (Lipinski definition) is 3. The van der Waals surface area contributed by atoms with Gasteiger partial charge in [-0.1, -0.05) is 0 Å². The molecule has 2 saturated heterocycles. The lowest BCUT2D eigenvalue weighted by Crippen LogP contribution is -2.45. The molecule has 0 spiro atoms. The zero-order valence-corrected chi connectivity index (χ0v) is 7.88. The fraction of sp³-hybridized carbons (Fsp3) is 1.00. The van der Waals surface area contributed by atoms with E-state index in [1.807, 2.05) is 0 Å². The van der Waals surface area contributed by atoms with Gasteiger partial charge in [-0.05, 0) is 25.8 Å². The molecule has 0 aliphatic carbocycles. The van der Waals surface area contributed by atoms with Crippen LogP contribution in [0, 0.1) is 0 Å². The average Bonchev–Trinajstić information content (AvgIpc) is 2.72. The molecule has 2 rings (SSSR count). The summed E-state index contributed by atoms with van der Waals surface area (Å²) in [5.41, 5.74) is -0.550. The standard InChI is InChI=1S/C9H18N2O2/c12-9(3-4-10-6-9)7-11-8-2-1-5-13-8/h8,10-12H,1-7H2. The van der Waals surface area contributed by atoms with E-state index >= 15 is 0 Å². The van der Waals surface area contributed by atoms with Gasteiger partial charge in [0, 0.05) is 19.7 Å². The van der Waals surface area contributed by atoms with E-state index in [2.05, 4.69) is 10.6 Å². The molecule has 0 aromatic carbocycles. The van der Waals surface area contributed by atoms with Crippen LogP contribution in [0.1, 0.15) is 19.3 Å². The zero-order valence-electron chi connectivity index (χ0n) is 7.88. The van der Waals surface area contributed by atoms with E-state index in [4.69, 9.17) is 4.74 Å². The fourth-order valence-corrected chi connectivity index (χ4v) is 1.92. The molecule has 2 unspecified atom stereocenters. The highest BCUT2D eigenvalue weighted by atomic mass is 16.5. The van der Waals surface area contributed by atoms with Gasteiger partial charge in [-0.2, -0.15) is 0 Å². The quantitative estimate of drug-likeness (QED) is 0.553. The highest BCUT2D eigenvalue weighted by Gasteiger charge is 2.31. The number of hydrogen-bond acceptors (Lipinski definition) is 4. The molecule has 0 bridgehead atoms. The normalized spacial score (nSPS) is 39.9. The number of ether oxygens (including phenoxy) is 1. The second-order valence-corrected chi connectivity index (χ2v) is 4.03. The summed E-state index contributed by atoms with van der Waals surface area (Å²) in [6.45, 7) is 3.12. The monoisotopic (exact) mass is 186 g/mol. The summed E-state index contributed by atoms with van der Waals surface area (Å²) < 4.78 is 5.42. The van der Waals surface area contributed by atoms with Crippen LogP contribution in [0.4, 0.5) is 0 Å². The fourth-order valence-electron chi connectivity index (χ4n) is 1.92. The maximum Gasteiger partial charge on any atom is 0.108 e. The van der Waals surface area contributed by atoms with Gasteiger partial charge >= 0.3 is 0 Å². The van der Waals surface area contributed by atoms with Gasteiger partial charge in [0.1, 0.15) is 6.23 Å². The third-order valence-electron chi connectivity index (χ3n) is 2.81. The Kier molecular flexibility index (Phi) is 2.83. The molecule has 2 atom stereocenters. The van der Waals surface area contributed by atoms with Crippen LogP contribution in [0.5, 0.6) is 0 Å². The molecule has 2 aliphatic rings. The van der Waals surface area contributed by atoms with Crippen molar-refractivity contribution < 1.29 is 9.84 Å². The Morgan fingerprint density at radius 1 is 1.62 bits per heavy atom. The van der Waals surface area contributed by atoms with Crippen LogP contribution in [0.15, 0.2) is 0 Å². The van der Waals surface area contributed by atoms with Crippen molar-refractivity contribution in [1.82, 2.24) is 10.6 Å². The van der Waals surface area contributed by atoms with Gasteiger partial charge in [0.25, 0.3) is 0 Å². The van der Waals surface area contributed by atoms with Gasteiger partial charge in [0.15, 0.2) is 0 Å². The number of β-amino-alcohol motifs (C(OH)–C–C–N with tert-alkyl or cyclic N) is 1. The first-order valence-electron chi connectivity index (χ1n) is 5.07. The molecule has 0 amide bonds. The largest absolute Gasteiger partial charge is 0.387 e. The van der Waals surface area contributed by atoms with E-state index in [-0.39, 0.29) is 6.23 Å². The predicted molar refractivity (Wildman–Crippen MR) is 49.4 cm³/mol. The van der Waals surface area contributed by atoms with Crippen LogP contribution in [-0.2, 0) is 4.74 Å². The maximum atomic E-state index is 9.97. The van der Waals surface area contributed by atoms with Crippen LogP contribution >= 0.6 is 0 Å². The van der Waals surface area contributed by atoms with Crippen LogP contribution in [0.25, 0.3) is 0 Å². The van der Waals surface area contributed by atoms with E-state index in [9.17, 15) is 5.11 Å². The highest BCUT2D eigenvalue weighted by Crippen LogP contribution is 2.15. The maximum absolute atomic E-state index is 9.97. The second kappa shape index (κ2) is 3.92. The lowest BCUT2D eigenvalue weighted by Gasteiger charge is -2.23. The Labute approximate surface area is 78.7 Å². The molecule has 76 valence electrons. The number of rotatable bonds is 3. The van der Waals surface area contributed by atoms with Crippen molar-refractivity contribution >= 4 is 0 Å². The summed E-state index contributed by atoms with van der Waals surface area (Å²) in [4.78, 5) is 0. The van der Waals surface area contributed by atoms with Crippen molar-refractivity contribution in [2.45, 2.75) is 31.1 Å². The summed E-state index contributed by atoms with van der Waals surface area (Å²) in [7, 11) is 0. The van der Waals surface area contributed by atoms with Gasteiger partial charge in [-0.3, -0.25) is 5.32 Å². The Bertz CT molecular complexity index is 163. The summed E-state index contributed by atoms with van der Waals surface area (Å²) in [5, 5.41) is 16.4. The van der Waals surface area contributed by atoms with Gasteiger partial charge in [0.2, 0.25) is 0 Å². The Morgan fingerprint density at radius 3 is 3.15 bits per heavy atom. The van der Waals surface area contributed by atoms with E-state index in [1.54, 1.807) is 0 Å². The summed E-state index contributed by atoms with van der Waals surface area (Å²) in [5.74, 6) is 0. The summed E-state index contributed by atoms with van der Waals surface area (Å²) in [6, 6.07) is 0. The second-order valence-electron chi connectivity index (χ2n) is 4.03. The van der Waals surface area contributed by atoms with Crippen molar-refractivity contribution in [2.75, 3.05) is 26.2 Å². The topological polar surface area (TPSA) is 53.5 Å². The van der Waals surface area contributed by atoms with Crippen LogP contribution < -0.4 is 10.6 Å². The molecule has 2 heterocycles. The van der Waals surface area contributed by atoms with Crippen molar-refractivity contribution in [2.24, 2.45) is 0 Å². The smallest absolute Gasteiger partial charge is 0.108 e. The Morgan fingerprint density at radius 2 is 2.54 bits per heavy atom. The van der Waals surface area contributed by atoms with Gasteiger partial charge in [-0.15, -0.1) is 0 Å². The first-order valence-corrected chi connectivity index (χ1v) is 5.07. The van der Waals surface area contributed by atoms with Crippen molar-refractivity contribution in [3.05, 3.63) is 0 Å². The average molecular weight is 186 g/mol. The first kappa shape index (κ1) is 9.40. The minimum Gasteiger partial charge on any atom is -0.387 e. The summed E-state index contributed by atoms with van der Waals surface area (Å²) >= 11 is 0. The highest BCUT2D eigenvalue weighted by molar-refractivity contribution is 4.90. The molecule has 0 aromatic heterocycles. The molecule has 0 aromatic rings. The van der Waals surface area contributed by atoms with Crippen molar-refractivity contribution in [3.8, 4) is 0 Å². The number of nitrogens with one attached hydrogen (secondary N) is 2.